The van der Waals surface area contributed by atoms with Gasteiger partial charge < -0.3 is 11.1 Å². The molecule has 3 aromatic heterocycles. The van der Waals surface area contributed by atoms with Crippen LogP contribution in [0, 0.1) is 0 Å². The van der Waals surface area contributed by atoms with Crippen molar-refractivity contribution in [1.82, 2.24) is 20.4 Å². The molecule has 3 rings (SSSR count). The molecule has 0 saturated heterocycles. The first-order valence-electron chi connectivity index (χ1n) is 6.93. The van der Waals surface area contributed by atoms with Crippen molar-refractivity contribution in [2.24, 2.45) is 5.73 Å². The predicted molar refractivity (Wildman–Crippen MR) is 92.1 cm³/mol. The first-order valence-corrected chi connectivity index (χ1v) is 8.54. The molecule has 0 saturated carbocycles. The van der Waals surface area contributed by atoms with E-state index < -0.39 is 12.7 Å². The minimum absolute atomic E-state index is 0.446. The van der Waals surface area contributed by atoms with Gasteiger partial charge in [-0.2, -0.15) is 0 Å². The molecule has 23 heavy (non-hydrogen) atoms. The maximum atomic E-state index is 12.7. The van der Waals surface area contributed by atoms with Crippen LogP contribution in [0.1, 0.15) is 10.4 Å². The number of nitrogens with one attached hydrogen (secondary N) is 1. The molecule has 0 aliphatic carbocycles. The van der Waals surface area contributed by atoms with E-state index >= 15 is 0 Å². The van der Waals surface area contributed by atoms with Crippen LogP contribution in [0.2, 0.25) is 0 Å². The van der Waals surface area contributed by atoms with E-state index in [4.69, 9.17) is 5.73 Å². The van der Waals surface area contributed by atoms with Crippen LogP contribution in [-0.2, 0) is 13.0 Å². The molecule has 9 heteroatoms. The highest BCUT2D eigenvalue weighted by molar-refractivity contribution is 9.10. The normalized spacial score (nSPS) is 12.5. The second kappa shape index (κ2) is 7.24. The van der Waals surface area contributed by atoms with Crippen LogP contribution in [0.3, 0.4) is 0 Å². The highest BCUT2D eigenvalue weighted by Crippen LogP contribution is 2.37. The van der Waals surface area contributed by atoms with E-state index in [-0.39, 0.29) is 0 Å². The van der Waals surface area contributed by atoms with Gasteiger partial charge in [-0.3, -0.25) is 4.98 Å². The van der Waals surface area contributed by atoms with Crippen molar-refractivity contribution in [3.05, 3.63) is 39.4 Å². The summed E-state index contributed by atoms with van der Waals surface area (Å²) >= 11 is 5.00. The molecule has 0 unspecified atom stereocenters. The number of nitrogens with zero attached hydrogens (tertiary/aromatic N) is 4. The smallest absolute Gasteiger partial charge is 0.170 e. The van der Waals surface area contributed by atoms with Crippen LogP contribution in [0.5, 0.6) is 0 Å². The van der Waals surface area contributed by atoms with Gasteiger partial charge in [-0.15, -0.1) is 21.5 Å². The summed E-state index contributed by atoms with van der Waals surface area (Å²) in [6.45, 7) is 0.0446. The van der Waals surface area contributed by atoms with E-state index in [9.17, 15) is 4.39 Å². The van der Waals surface area contributed by atoms with Gasteiger partial charge in [-0.1, -0.05) is 0 Å². The van der Waals surface area contributed by atoms with Gasteiger partial charge in [0.1, 0.15) is 16.9 Å². The fourth-order valence-corrected chi connectivity index (χ4v) is 4.07. The highest BCUT2D eigenvalue weighted by Gasteiger charge is 2.17. The van der Waals surface area contributed by atoms with Gasteiger partial charge in [0.2, 0.25) is 0 Å². The van der Waals surface area contributed by atoms with E-state index in [2.05, 4.69) is 41.6 Å². The predicted octanol–water partition coefficient (Wildman–Crippen LogP) is 2.70. The highest BCUT2D eigenvalue weighted by atomic mass is 79.9. The fourth-order valence-electron chi connectivity index (χ4n) is 2.08. The Labute approximate surface area is 144 Å². The van der Waals surface area contributed by atoms with E-state index in [1.807, 2.05) is 12.1 Å². The number of fused-ring (bicyclic) bond motifs is 1. The van der Waals surface area contributed by atoms with Crippen LogP contribution in [0.25, 0.3) is 10.2 Å². The number of alkyl halides is 1. The molecular weight excluding hydrogens is 383 g/mol. The third-order valence-electron chi connectivity index (χ3n) is 3.25. The molecule has 120 valence electrons. The van der Waals surface area contributed by atoms with Crippen molar-refractivity contribution in [2.75, 3.05) is 12.0 Å². The fraction of sp³-hybridized carbons (Fsp3) is 0.286. The van der Waals surface area contributed by atoms with E-state index in [0.29, 0.717) is 24.3 Å². The van der Waals surface area contributed by atoms with Gasteiger partial charge in [0.05, 0.1) is 4.47 Å². The SMILES string of the molecule is N[C@@H](CF)Cc1sc2c(NCc3ccncc3)nnnc2c1Br. The zero-order chi connectivity index (χ0) is 16.2. The number of aromatic nitrogens is 4. The molecule has 0 bridgehead atoms. The van der Waals surface area contributed by atoms with Gasteiger partial charge in [0.15, 0.2) is 5.82 Å². The third kappa shape index (κ3) is 3.62. The zero-order valence-electron chi connectivity index (χ0n) is 12.0. The van der Waals surface area contributed by atoms with Crippen LogP contribution in [-0.4, -0.2) is 33.1 Å². The Morgan fingerprint density at radius 2 is 2.09 bits per heavy atom. The molecule has 0 fully saturated rings. The summed E-state index contributed by atoms with van der Waals surface area (Å²) in [4.78, 5) is 4.93. The number of thiophene rings is 1. The quantitative estimate of drug-likeness (QED) is 0.665. The number of halogens is 2. The molecule has 0 aliphatic heterocycles. The van der Waals surface area contributed by atoms with Crippen LogP contribution in [0.15, 0.2) is 29.0 Å². The molecule has 0 aromatic carbocycles. The Morgan fingerprint density at radius 1 is 1.30 bits per heavy atom. The second-order valence-corrected chi connectivity index (χ2v) is 6.88. The van der Waals surface area contributed by atoms with Gasteiger partial charge in [0, 0.05) is 36.3 Å². The minimum Gasteiger partial charge on any atom is -0.363 e. The molecule has 0 radical (unpaired) electrons. The average molecular weight is 397 g/mol. The number of pyridine rings is 1. The molecule has 3 aromatic rings. The van der Waals surface area contributed by atoms with Crippen molar-refractivity contribution >= 4 is 43.3 Å². The van der Waals surface area contributed by atoms with Gasteiger partial charge in [0.25, 0.3) is 0 Å². The lowest BCUT2D eigenvalue weighted by molar-refractivity contribution is 0.428. The van der Waals surface area contributed by atoms with Crippen molar-refractivity contribution in [2.45, 2.75) is 19.0 Å². The van der Waals surface area contributed by atoms with Gasteiger partial charge in [-0.25, -0.2) is 4.39 Å². The number of nitrogens with two attached hydrogens (primary N) is 1. The summed E-state index contributed by atoms with van der Waals surface area (Å²) in [6.07, 6.45) is 3.92. The maximum Gasteiger partial charge on any atom is 0.170 e. The summed E-state index contributed by atoms with van der Waals surface area (Å²) in [6, 6.07) is 3.33. The molecular formula is C14H14BrFN6S. The summed E-state index contributed by atoms with van der Waals surface area (Å²) in [5, 5.41) is 15.2. The van der Waals surface area contributed by atoms with Gasteiger partial charge >= 0.3 is 0 Å². The second-order valence-electron chi connectivity index (χ2n) is 4.98. The topological polar surface area (TPSA) is 89.6 Å². The Kier molecular flexibility index (Phi) is 5.09. The van der Waals surface area contributed by atoms with Crippen molar-refractivity contribution in [3.63, 3.8) is 0 Å². The van der Waals surface area contributed by atoms with E-state index in [0.717, 1.165) is 19.6 Å². The molecule has 3 heterocycles. The first kappa shape index (κ1) is 16.2. The number of rotatable bonds is 6. The Hall–Kier alpha value is -1.71. The molecule has 3 N–H and O–H groups in total. The number of hydrogen-bond donors (Lipinski definition) is 2. The van der Waals surface area contributed by atoms with Crippen molar-refractivity contribution in [1.29, 1.82) is 0 Å². The molecule has 0 amide bonds. The number of hydrogen-bond acceptors (Lipinski definition) is 7. The molecule has 6 nitrogen and oxygen atoms in total. The lowest BCUT2D eigenvalue weighted by atomic mass is 10.2. The van der Waals surface area contributed by atoms with Crippen LogP contribution in [0.4, 0.5) is 10.2 Å². The third-order valence-corrected chi connectivity index (χ3v) is 5.58. The van der Waals surface area contributed by atoms with Crippen molar-refractivity contribution in [3.8, 4) is 0 Å². The molecule has 0 aliphatic rings. The minimum atomic E-state index is -0.558. The summed E-state index contributed by atoms with van der Waals surface area (Å²) < 4.78 is 14.3. The van der Waals surface area contributed by atoms with Crippen LogP contribution >= 0.6 is 27.3 Å². The van der Waals surface area contributed by atoms with Gasteiger partial charge in [-0.05, 0) is 38.8 Å². The molecule has 1 atom stereocenters. The Bertz CT molecular complexity index is 797. The standard InChI is InChI=1S/C14H14BrFN6S/c15-11-10(5-9(17)6-16)23-13-12(11)20-22-21-14(13)19-7-8-1-3-18-4-2-8/h1-4,9H,5-7,17H2,(H,19,20,21)/t9-/m1/s1. The lowest BCUT2D eigenvalue weighted by Gasteiger charge is -2.05. The Balaban J connectivity index is 1.87. The average Bonchev–Trinajstić information content (AvgIpc) is 2.90. The van der Waals surface area contributed by atoms with E-state index in [1.165, 1.54) is 11.3 Å². The summed E-state index contributed by atoms with van der Waals surface area (Å²) in [5.74, 6) is 0.651. The largest absolute Gasteiger partial charge is 0.363 e. The summed E-state index contributed by atoms with van der Waals surface area (Å²) in [7, 11) is 0. The number of anilines is 1. The maximum absolute atomic E-state index is 12.7. The molecule has 0 spiro atoms. The van der Waals surface area contributed by atoms with E-state index in [1.54, 1.807) is 12.4 Å². The first-order chi connectivity index (χ1) is 11.2. The lowest BCUT2D eigenvalue weighted by Crippen LogP contribution is -2.24. The Morgan fingerprint density at radius 3 is 2.83 bits per heavy atom. The zero-order valence-corrected chi connectivity index (χ0v) is 14.4. The van der Waals surface area contributed by atoms with Crippen LogP contribution < -0.4 is 11.1 Å². The summed E-state index contributed by atoms with van der Waals surface area (Å²) in [5.41, 5.74) is 7.50. The monoisotopic (exact) mass is 396 g/mol. The van der Waals surface area contributed by atoms with Crippen molar-refractivity contribution < 1.29 is 4.39 Å².